The monoisotopic (exact) mass is 303 g/mol. The van der Waals surface area contributed by atoms with E-state index in [2.05, 4.69) is 10.1 Å². The molecule has 2 rings (SSSR count). The van der Waals surface area contributed by atoms with Crippen molar-refractivity contribution in [2.24, 2.45) is 5.16 Å². The lowest BCUT2D eigenvalue weighted by Gasteiger charge is -2.10. The molecular formula is C16H18ClN3O. The first-order chi connectivity index (χ1) is 10.2. The van der Waals surface area contributed by atoms with E-state index in [0.717, 1.165) is 23.4 Å². The van der Waals surface area contributed by atoms with Crippen molar-refractivity contribution in [3.8, 4) is 0 Å². The number of hydrogen-bond donors (Lipinski definition) is 0. The standard InChI is InChI=1S/C16H18ClN3O/c1-20(2)10-11-21-19-16(14-4-3-9-18-12-14)13-5-7-15(17)8-6-13/h3-9,12H,10-11H2,1-2H3. The van der Waals surface area contributed by atoms with Gasteiger partial charge in [0.15, 0.2) is 0 Å². The van der Waals surface area contributed by atoms with Crippen LogP contribution in [-0.2, 0) is 4.84 Å². The summed E-state index contributed by atoms with van der Waals surface area (Å²) in [6, 6.07) is 11.3. The van der Waals surface area contributed by atoms with Gasteiger partial charge < -0.3 is 9.74 Å². The van der Waals surface area contributed by atoms with E-state index in [0.29, 0.717) is 11.6 Å². The predicted molar refractivity (Wildman–Crippen MR) is 85.8 cm³/mol. The predicted octanol–water partition coefficient (Wildman–Crippen LogP) is 3.07. The van der Waals surface area contributed by atoms with Gasteiger partial charge in [-0.25, -0.2) is 0 Å². The van der Waals surface area contributed by atoms with Gasteiger partial charge in [0.1, 0.15) is 12.3 Å². The molecule has 0 bridgehead atoms. The van der Waals surface area contributed by atoms with E-state index in [1.807, 2.05) is 55.4 Å². The first-order valence-corrected chi connectivity index (χ1v) is 7.05. The normalized spacial score (nSPS) is 11.7. The molecule has 0 saturated carbocycles. The van der Waals surface area contributed by atoms with Gasteiger partial charge in [0.2, 0.25) is 0 Å². The smallest absolute Gasteiger partial charge is 0.129 e. The summed E-state index contributed by atoms with van der Waals surface area (Å²) in [5.41, 5.74) is 2.60. The van der Waals surface area contributed by atoms with Crippen LogP contribution in [-0.4, -0.2) is 42.8 Å². The second-order valence-electron chi connectivity index (χ2n) is 4.82. The first-order valence-electron chi connectivity index (χ1n) is 6.68. The number of benzene rings is 1. The Morgan fingerprint density at radius 3 is 2.57 bits per heavy atom. The number of halogens is 1. The van der Waals surface area contributed by atoms with Crippen LogP contribution in [0.25, 0.3) is 0 Å². The van der Waals surface area contributed by atoms with Crippen molar-refractivity contribution in [3.05, 3.63) is 64.9 Å². The minimum Gasteiger partial charge on any atom is -0.394 e. The van der Waals surface area contributed by atoms with Crippen molar-refractivity contribution in [2.75, 3.05) is 27.2 Å². The van der Waals surface area contributed by atoms with Crippen molar-refractivity contribution < 1.29 is 4.84 Å². The molecule has 0 N–H and O–H groups in total. The van der Waals surface area contributed by atoms with E-state index in [-0.39, 0.29) is 0 Å². The van der Waals surface area contributed by atoms with Gasteiger partial charge >= 0.3 is 0 Å². The van der Waals surface area contributed by atoms with Crippen LogP contribution in [0.3, 0.4) is 0 Å². The highest BCUT2D eigenvalue weighted by Gasteiger charge is 2.08. The maximum Gasteiger partial charge on any atom is 0.129 e. The number of oxime groups is 1. The second-order valence-corrected chi connectivity index (χ2v) is 5.26. The largest absolute Gasteiger partial charge is 0.394 e. The number of rotatable bonds is 6. The molecule has 0 spiro atoms. The van der Waals surface area contributed by atoms with Gasteiger partial charge in [-0.2, -0.15) is 0 Å². The van der Waals surface area contributed by atoms with E-state index in [1.54, 1.807) is 12.4 Å². The first kappa shape index (κ1) is 15.5. The summed E-state index contributed by atoms with van der Waals surface area (Å²) in [4.78, 5) is 11.6. The summed E-state index contributed by atoms with van der Waals surface area (Å²) in [6.07, 6.45) is 3.50. The van der Waals surface area contributed by atoms with Crippen molar-refractivity contribution in [2.45, 2.75) is 0 Å². The number of likely N-dealkylation sites (N-methyl/N-ethyl adjacent to an activating group) is 1. The Kier molecular flexibility index (Phi) is 5.72. The third kappa shape index (κ3) is 4.85. The molecule has 1 aromatic carbocycles. The number of nitrogens with zero attached hydrogens (tertiary/aromatic N) is 3. The quantitative estimate of drug-likeness (QED) is 0.467. The zero-order valence-electron chi connectivity index (χ0n) is 12.2. The fourth-order valence-corrected chi connectivity index (χ4v) is 1.84. The molecule has 0 aliphatic rings. The molecule has 0 radical (unpaired) electrons. The topological polar surface area (TPSA) is 37.7 Å². The Morgan fingerprint density at radius 1 is 1.19 bits per heavy atom. The maximum atomic E-state index is 5.94. The highest BCUT2D eigenvalue weighted by Crippen LogP contribution is 2.14. The molecule has 0 saturated heterocycles. The van der Waals surface area contributed by atoms with Gasteiger partial charge in [-0.1, -0.05) is 28.9 Å². The van der Waals surface area contributed by atoms with Crippen molar-refractivity contribution in [1.29, 1.82) is 0 Å². The van der Waals surface area contributed by atoms with Crippen molar-refractivity contribution in [3.63, 3.8) is 0 Å². The van der Waals surface area contributed by atoms with E-state index >= 15 is 0 Å². The van der Waals surface area contributed by atoms with Gasteiger partial charge in [0.05, 0.1) is 0 Å². The van der Waals surface area contributed by atoms with Crippen LogP contribution in [0.2, 0.25) is 5.02 Å². The van der Waals surface area contributed by atoms with Gasteiger partial charge in [-0.15, -0.1) is 0 Å². The lowest BCUT2D eigenvalue weighted by molar-refractivity contribution is 0.126. The van der Waals surface area contributed by atoms with Crippen LogP contribution in [0.5, 0.6) is 0 Å². The van der Waals surface area contributed by atoms with Gasteiger partial charge in [-0.05, 0) is 38.4 Å². The third-order valence-corrected chi connectivity index (χ3v) is 3.09. The van der Waals surface area contributed by atoms with Crippen molar-refractivity contribution in [1.82, 2.24) is 9.88 Å². The van der Waals surface area contributed by atoms with Gasteiger partial charge in [0, 0.05) is 35.1 Å². The highest BCUT2D eigenvalue weighted by atomic mass is 35.5. The second kappa shape index (κ2) is 7.76. The third-order valence-electron chi connectivity index (χ3n) is 2.84. The van der Waals surface area contributed by atoms with E-state index in [9.17, 15) is 0 Å². The Hall–Kier alpha value is -1.91. The molecule has 5 heteroatoms. The summed E-state index contributed by atoms with van der Waals surface area (Å²) in [7, 11) is 3.99. The molecule has 0 atom stereocenters. The molecule has 0 unspecified atom stereocenters. The molecule has 0 aliphatic carbocycles. The zero-order valence-corrected chi connectivity index (χ0v) is 12.9. The molecule has 21 heavy (non-hydrogen) atoms. The van der Waals surface area contributed by atoms with Crippen LogP contribution in [0.4, 0.5) is 0 Å². The average Bonchev–Trinajstić information content (AvgIpc) is 2.49. The number of pyridine rings is 1. The number of hydrogen-bond acceptors (Lipinski definition) is 4. The summed E-state index contributed by atoms with van der Waals surface area (Å²) >= 11 is 5.94. The van der Waals surface area contributed by atoms with Crippen molar-refractivity contribution >= 4 is 17.3 Å². The summed E-state index contributed by atoms with van der Waals surface area (Å²) in [6.45, 7) is 1.34. The molecular weight excluding hydrogens is 286 g/mol. The van der Waals surface area contributed by atoms with E-state index in [4.69, 9.17) is 16.4 Å². The molecule has 0 amide bonds. The van der Waals surface area contributed by atoms with Crippen LogP contribution < -0.4 is 0 Å². The maximum absolute atomic E-state index is 5.94. The zero-order chi connectivity index (χ0) is 15.1. The Labute approximate surface area is 130 Å². The van der Waals surface area contributed by atoms with Gasteiger partial charge in [0.25, 0.3) is 0 Å². The lowest BCUT2D eigenvalue weighted by atomic mass is 10.0. The SMILES string of the molecule is CN(C)CCON=C(c1ccc(Cl)cc1)c1cccnc1. The molecule has 0 fully saturated rings. The summed E-state index contributed by atoms with van der Waals surface area (Å²) < 4.78 is 0. The Bertz CT molecular complexity index is 582. The van der Waals surface area contributed by atoms with Crippen LogP contribution in [0.1, 0.15) is 11.1 Å². The number of aromatic nitrogens is 1. The van der Waals surface area contributed by atoms with E-state index in [1.165, 1.54) is 0 Å². The average molecular weight is 304 g/mol. The fraction of sp³-hybridized carbons (Fsp3) is 0.250. The molecule has 1 heterocycles. The molecule has 0 aliphatic heterocycles. The molecule has 1 aromatic heterocycles. The Morgan fingerprint density at radius 2 is 1.95 bits per heavy atom. The fourth-order valence-electron chi connectivity index (χ4n) is 1.72. The summed E-state index contributed by atoms with van der Waals surface area (Å²) in [5, 5.41) is 4.97. The van der Waals surface area contributed by atoms with Crippen LogP contribution >= 0.6 is 11.6 Å². The highest BCUT2D eigenvalue weighted by molar-refractivity contribution is 6.30. The Balaban J connectivity index is 2.22. The van der Waals surface area contributed by atoms with Gasteiger partial charge in [-0.3, -0.25) is 4.98 Å². The van der Waals surface area contributed by atoms with Crippen LogP contribution in [0.15, 0.2) is 53.9 Å². The summed E-state index contributed by atoms with van der Waals surface area (Å²) in [5.74, 6) is 0. The molecule has 4 nitrogen and oxygen atoms in total. The molecule has 110 valence electrons. The van der Waals surface area contributed by atoms with E-state index < -0.39 is 0 Å². The van der Waals surface area contributed by atoms with Crippen LogP contribution in [0, 0.1) is 0 Å². The molecule has 2 aromatic rings. The minimum absolute atomic E-state index is 0.532. The minimum atomic E-state index is 0.532. The lowest BCUT2D eigenvalue weighted by Crippen LogP contribution is -2.17.